The molecule has 2 fully saturated rings. The van der Waals surface area contributed by atoms with E-state index in [1.807, 2.05) is 24.3 Å². The van der Waals surface area contributed by atoms with E-state index in [0.717, 1.165) is 55.1 Å². The first-order chi connectivity index (χ1) is 18.4. The standard InChI is InChI=1S/C29H35ClF3N3O3/c1-34(2)26(37)22-6-8-25(9-7-22)35-14-10-20(11-15-35)18-21-12-16-36(17-13-21)27(38)28(39,29(31,32)33)23-4-3-5-24(30)19-23/h3-9,19-21,39H,10-18H2,1-2H3. The van der Waals surface area contributed by atoms with Crippen molar-refractivity contribution < 1.29 is 27.9 Å². The van der Waals surface area contributed by atoms with Gasteiger partial charge in [0.05, 0.1) is 0 Å². The van der Waals surface area contributed by atoms with E-state index in [4.69, 9.17) is 11.6 Å². The maximum atomic E-state index is 14.0. The van der Waals surface area contributed by atoms with Crippen molar-refractivity contribution in [3.63, 3.8) is 0 Å². The second-order valence-corrected chi connectivity index (χ2v) is 11.3. The maximum Gasteiger partial charge on any atom is 0.430 e. The summed E-state index contributed by atoms with van der Waals surface area (Å²) in [4.78, 5) is 30.1. The van der Waals surface area contributed by atoms with Crippen LogP contribution >= 0.6 is 11.6 Å². The lowest BCUT2D eigenvalue weighted by Crippen LogP contribution is -2.57. The molecule has 0 aliphatic carbocycles. The maximum absolute atomic E-state index is 14.0. The Morgan fingerprint density at radius 1 is 0.949 bits per heavy atom. The number of piperidine rings is 2. The summed E-state index contributed by atoms with van der Waals surface area (Å²) < 4.78 is 42.0. The van der Waals surface area contributed by atoms with Gasteiger partial charge in [-0.25, -0.2) is 0 Å². The highest BCUT2D eigenvalue weighted by Crippen LogP contribution is 2.42. The first-order valence-corrected chi connectivity index (χ1v) is 13.7. The number of halogens is 4. The van der Waals surface area contributed by atoms with Gasteiger partial charge < -0.3 is 19.8 Å². The summed E-state index contributed by atoms with van der Waals surface area (Å²) in [5.74, 6) is -0.531. The van der Waals surface area contributed by atoms with E-state index >= 15 is 0 Å². The van der Waals surface area contributed by atoms with Gasteiger partial charge in [-0.2, -0.15) is 13.2 Å². The Labute approximate surface area is 232 Å². The predicted octanol–water partition coefficient (Wildman–Crippen LogP) is 5.34. The molecular weight excluding hydrogens is 531 g/mol. The minimum atomic E-state index is -5.18. The fourth-order valence-corrected chi connectivity index (χ4v) is 5.88. The topological polar surface area (TPSA) is 64.1 Å². The van der Waals surface area contributed by atoms with Crippen LogP contribution in [0.2, 0.25) is 5.02 Å². The Kier molecular flexibility index (Phi) is 8.81. The summed E-state index contributed by atoms with van der Waals surface area (Å²) in [6.07, 6.45) is -0.959. The van der Waals surface area contributed by atoms with Crippen LogP contribution in [-0.2, 0) is 10.4 Å². The summed E-state index contributed by atoms with van der Waals surface area (Å²) in [5.41, 5.74) is -2.45. The van der Waals surface area contributed by atoms with Crippen molar-refractivity contribution in [1.82, 2.24) is 9.80 Å². The molecule has 2 amide bonds. The molecule has 6 nitrogen and oxygen atoms in total. The van der Waals surface area contributed by atoms with E-state index in [2.05, 4.69) is 4.90 Å². The summed E-state index contributed by atoms with van der Waals surface area (Å²) in [6, 6.07) is 12.4. The zero-order chi connectivity index (χ0) is 28.4. The van der Waals surface area contributed by atoms with Crippen molar-refractivity contribution >= 4 is 29.1 Å². The molecule has 1 atom stereocenters. The first-order valence-electron chi connectivity index (χ1n) is 13.3. The molecule has 0 spiro atoms. The van der Waals surface area contributed by atoms with Crippen molar-refractivity contribution in [2.24, 2.45) is 11.8 Å². The van der Waals surface area contributed by atoms with Crippen LogP contribution in [0, 0.1) is 11.8 Å². The van der Waals surface area contributed by atoms with Gasteiger partial charge in [-0.05, 0) is 80.3 Å². The number of hydrogen-bond acceptors (Lipinski definition) is 4. The van der Waals surface area contributed by atoms with Crippen LogP contribution in [0.3, 0.4) is 0 Å². The number of anilines is 1. The van der Waals surface area contributed by atoms with E-state index in [9.17, 15) is 27.9 Å². The molecule has 0 saturated carbocycles. The van der Waals surface area contributed by atoms with Crippen LogP contribution in [0.4, 0.5) is 18.9 Å². The number of hydrogen-bond donors (Lipinski definition) is 1. The SMILES string of the molecule is CN(C)C(=O)c1ccc(N2CCC(CC3CCN(C(=O)C(O)(c4cccc(Cl)c4)C(F)(F)F)CC3)CC2)cc1. The zero-order valence-corrected chi connectivity index (χ0v) is 23.0. The zero-order valence-electron chi connectivity index (χ0n) is 22.3. The molecule has 2 heterocycles. The van der Waals surface area contributed by atoms with E-state index < -0.39 is 23.2 Å². The molecule has 2 saturated heterocycles. The lowest BCUT2D eigenvalue weighted by Gasteiger charge is -2.40. The quantitative estimate of drug-likeness (QED) is 0.514. The number of aliphatic hydroxyl groups is 1. The van der Waals surface area contributed by atoms with Crippen molar-refractivity contribution in [3.8, 4) is 0 Å². The number of benzene rings is 2. The number of nitrogens with zero attached hydrogens (tertiary/aromatic N) is 3. The van der Waals surface area contributed by atoms with Gasteiger partial charge in [0.1, 0.15) is 0 Å². The Balaban J connectivity index is 1.29. The average Bonchev–Trinajstić information content (AvgIpc) is 2.92. The van der Waals surface area contributed by atoms with Gasteiger partial charge in [-0.15, -0.1) is 0 Å². The summed E-state index contributed by atoms with van der Waals surface area (Å²) in [6.45, 7) is 2.17. The van der Waals surface area contributed by atoms with Crippen LogP contribution < -0.4 is 4.90 Å². The summed E-state index contributed by atoms with van der Waals surface area (Å²) >= 11 is 5.85. The molecule has 1 N–H and O–H groups in total. The van der Waals surface area contributed by atoms with Gasteiger partial charge in [-0.3, -0.25) is 9.59 Å². The number of carbonyl (C=O) groups is 2. The molecule has 4 rings (SSSR count). The number of alkyl halides is 3. The Morgan fingerprint density at radius 3 is 2.03 bits per heavy atom. The molecule has 2 aromatic rings. The first kappa shape index (κ1) is 29.2. The minimum Gasteiger partial charge on any atom is -0.372 e. The highest BCUT2D eigenvalue weighted by Gasteiger charge is 2.62. The van der Waals surface area contributed by atoms with Gasteiger partial charge >= 0.3 is 6.18 Å². The average molecular weight is 566 g/mol. The molecule has 2 aromatic carbocycles. The van der Waals surface area contributed by atoms with Crippen molar-refractivity contribution in [1.29, 1.82) is 0 Å². The van der Waals surface area contributed by atoms with Crippen molar-refractivity contribution in [2.45, 2.75) is 43.9 Å². The molecule has 39 heavy (non-hydrogen) atoms. The highest BCUT2D eigenvalue weighted by molar-refractivity contribution is 6.30. The summed E-state index contributed by atoms with van der Waals surface area (Å²) in [5, 5.41) is 10.7. The highest BCUT2D eigenvalue weighted by atomic mass is 35.5. The molecule has 212 valence electrons. The molecule has 2 aliphatic rings. The minimum absolute atomic E-state index is 0.0178. The molecule has 0 bridgehead atoms. The van der Waals surface area contributed by atoms with Crippen LogP contribution in [0.5, 0.6) is 0 Å². The third kappa shape index (κ3) is 6.35. The molecule has 0 aromatic heterocycles. The Morgan fingerprint density at radius 2 is 1.51 bits per heavy atom. The number of carbonyl (C=O) groups excluding carboxylic acids is 2. The monoisotopic (exact) mass is 565 g/mol. The summed E-state index contributed by atoms with van der Waals surface area (Å²) in [7, 11) is 3.46. The number of rotatable bonds is 6. The lowest BCUT2D eigenvalue weighted by molar-refractivity contribution is -0.262. The van der Waals surface area contributed by atoms with Crippen LogP contribution in [-0.4, -0.2) is 73.2 Å². The second kappa shape index (κ2) is 11.8. The van der Waals surface area contributed by atoms with Gasteiger partial charge in [0.25, 0.3) is 17.4 Å². The Bertz CT molecular complexity index is 1160. The third-order valence-electron chi connectivity index (χ3n) is 8.03. The van der Waals surface area contributed by atoms with E-state index in [0.29, 0.717) is 30.2 Å². The van der Waals surface area contributed by atoms with Gasteiger partial charge in [0.2, 0.25) is 0 Å². The van der Waals surface area contributed by atoms with Crippen molar-refractivity contribution in [3.05, 3.63) is 64.7 Å². The molecule has 2 aliphatic heterocycles. The smallest absolute Gasteiger partial charge is 0.372 e. The molecule has 1 unspecified atom stereocenters. The Hall–Kier alpha value is -2.78. The normalized spacial score (nSPS) is 19.1. The second-order valence-electron chi connectivity index (χ2n) is 10.9. The molecule has 0 radical (unpaired) electrons. The van der Waals surface area contributed by atoms with Gasteiger partial charge in [0, 0.05) is 62.1 Å². The van der Waals surface area contributed by atoms with E-state index in [1.54, 1.807) is 19.0 Å². The predicted molar refractivity (Wildman–Crippen MR) is 145 cm³/mol. The van der Waals surface area contributed by atoms with Gasteiger partial charge in [0.15, 0.2) is 0 Å². The van der Waals surface area contributed by atoms with Crippen LogP contribution in [0.15, 0.2) is 48.5 Å². The van der Waals surface area contributed by atoms with E-state index in [1.165, 1.54) is 12.1 Å². The molecular formula is C29H35ClF3N3O3. The van der Waals surface area contributed by atoms with Crippen molar-refractivity contribution in [2.75, 3.05) is 45.2 Å². The fourth-order valence-electron chi connectivity index (χ4n) is 5.69. The fraction of sp³-hybridized carbons (Fsp3) is 0.517. The lowest BCUT2D eigenvalue weighted by atomic mass is 9.82. The number of likely N-dealkylation sites (tertiary alicyclic amines) is 1. The van der Waals surface area contributed by atoms with Crippen LogP contribution in [0.1, 0.15) is 48.0 Å². The third-order valence-corrected chi connectivity index (χ3v) is 8.27. The van der Waals surface area contributed by atoms with Gasteiger partial charge in [-0.1, -0.05) is 23.7 Å². The largest absolute Gasteiger partial charge is 0.430 e. The van der Waals surface area contributed by atoms with E-state index in [-0.39, 0.29) is 24.0 Å². The van der Waals surface area contributed by atoms with Crippen LogP contribution in [0.25, 0.3) is 0 Å². The number of amides is 2. The molecule has 10 heteroatoms.